The summed E-state index contributed by atoms with van der Waals surface area (Å²) >= 11 is 0. The van der Waals surface area contributed by atoms with E-state index in [2.05, 4.69) is 10.3 Å². The van der Waals surface area contributed by atoms with Crippen molar-refractivity contribution in [1.29, 1.82) is 0 Å². The summed E-state index contributed by atoms with van der Waals surface area (Å²) in [4.78, 5) is 27.1. The average molecular weight is 376 g/mol. The molecular weight excluding hydrogens is 361 g/mol. The minimum absolute atomic E-state index is 0.0129. The van der Waals surface area contributed by atoms with Crippen LogP contribution in [-0.4, -0.2) is 23.7 Å². The van der Waals surface area contributed by atoms with E-state index in [1.807, 2.05) is 0 Å². The molecule has 8 heteroatoms. The quantitative estimate of drug-likeness (QED) is 0.722. The van der Waals surface area contributed by atoms with Gasteiger partial charge in [0.1, 0.15) is 11.4 Å². The summed E-state index contributed by atoms with van der Waals surface area (Å²) in [5.41, 5.74) is 0.296. The number of hydrogen-bond acceptors (Lipinski definition) is 3. The van der Waals surface area contributed by atoms with Crippen LogP contribution in [0.2, 0.25) is 0 Å². The van der Waals surface area contributed by atoms with Crippen LogP contribution in [0.15, 0.2) is 53.3 Å². The van der Waals surface area contributed by atoms with Gasteiger partial charge in [0.25, 0.3) is 11.5 Å². The van der Waals surface area contributed by atoms with Crippen molar-refractivity contribution < 1.29 is 22.7 Å². The SMILES string of the molecule is Cc1ccc(NC(=O)c2cc3ccccc3c(=O)[nH]2)c(OCC(F)(F)F)c1. The molecule has 3 rings (SSSR count). The van der Waals surface area contributed by atoms with Crippen molar-refractivity contribution >= 4 is 22.4 Å². The number of H-pyrrole nitrogens is 1. The van der Waals surface area contributed by atoms with Gasteiger partial charge in [0.05, 0.1) is 5.69 Å². The van der Waals surface area contributed by atoms with Crippen LogP contribution in [0.25, 0.3) is 10.8 Å². The number of aryl methyl sites for hydroxylation is 1. The number of anilines is 1. The van der Waals surface area contributed by atoms with E-state index >= 15 is 0 Å². The Kier molecular flexibility index (Phi) is 4.89. The summed E-state index contributed by atoms with van der Waals surface area (Å²) < 4.78 is 42.1. The third-order valence-corrected chi connectivity index (χ3v) is 3.77. The van der Waals surface area contributed by atoms with Gasteiger partial charge in [-0.05, 0) is 42.1 Å². The summed E-state index contributed by atoms with van der Waals surface area (Å²) in [6.07, 6.45) is -4.51. The fourth-order valence-electron chi connectivity index (χ4n) is 2.53. The van der Waals surface area contributed by atoms with Crippen molar-refractivity contribution in [3.05, 3.63) is 70.1 Å². The molecule has 0 spiro atoms. The fourth-order valence-corrected chi connectivity index (χ4v) is 2.53. The topological polar surface area (TPSA) is 71.2 Å². The van der Waals surface area contributed by atoms with Gasteiger partial charge in [0.15, 0.2) is 6.61 Å². The Morgan fingerprint density at radius 2 is 1.89 bits per heavy atom. The second kappa shape index (κ2) is 7.14. The maximum absolute atomic E-state index is 12.5. The van der Waals surface area contributed by atoms with Crippen molar-refractivity contribution in [3.8, 4) is 5.75 Å². The number of halogens is 3. The molecule has 27 heavy (non-hydrogen) atoms. The van der Waals surface area contributed by atoms with E-state index < -0.39 is 24.2 Å². The molecule has 2 N–H and O–H groups in total. The number of rotatable bonds is 4. The zero-order chi connectivity index (χ0) is 19.6. The zero-order valence-electron chi connectivity index (χ0n) is 14.2. The molecule has 3 aromatic rings. The fraction of sp³-hybridized carbons (Fsp3) is 0.158. The monoisotopic (exact) mass is 376 g/mol. The molecular formula is C19H15F3N2O3. The highest BCUT2D eigenvalue weighted by atomic mass is 19.4. The summed E-state index contributed by atoms with van der Waals surface area (Å²) in [6, 6.07) is 12.7. The molecule has 0 aliphatic carbocycles. The second-order valence-corrected chi connectivity index (χ2v) is 5.96. The maximum atomic E-state index is 12.5. The van der Waals surface area contributed by atoms with Gasteiger partial charge in [-0.1, -0.05) is 24.3 Å². The van der Waals surface area contributed by atoms with Crippen molar-refractivity contribution in [2.45, 2.75) is 13.1 Å². The molecule has 2 aromatic carbocycles. The lowest BCUT2D eigenvalue weighted by atomic mass is 10.1. The van der Waals surface area contributed by atoms with E-state index in [-0.39, 0.29) is 17.1 Å². The lowest BCUT2D eigenvalue weighted by molar-refractivity contribution is -0.153. The number of fused-ring (bicyclic) bond motifs is 1. The van der Waals surface area contributed by atoms with Gasteiger partial charge in [-0.25, -0.2) is 0 Å². The van der Waals surface area contributed by atoms with Gasteiger partial charge >= 0.3 is 6.18 Å². The molecule has 0 atom stereocenters. The Balaban J connectivity index is 1.89. The van der Waals surface area contributed by atoms with E-state index in [0.29, 0.717) is 16.3 Å². The van der Waals surface area contributed by atoms with E-state index in [1.165, 1.54) is 18.2 Å². The van der Waals surface area contributed by atoms with Gasteiger partial charge in [0.2, 0.25) is 0 Å². The Morgan fingerprint density at radius 3 is 2.63 bits per heavy atom. The number of carbonyl (C=O) groups is 1. The number of amides is 1. The van der Waals surface area contributed by atoms with Gasteiger partial charge in [-0.15, -0.1) is 0 Å². The number of alkyl halides is 3. The molecule has 0 bridgehead atoms. The molecule has 0 radical (unpaired) electrons. The molecule has 1 aromatic heterocycles. The molecule has 0 aliphatic rings. The van der Waals surface area contributed by atoms with Gasteiger partial charge in [0, 0.05) is 5.39 Å². The first kappa shape index (κ1) is 18.5. The van der Waals surface area contributed by atoms with Crippen LogP contribution < -0.4 is 15.6 Å². The number of pyridine rings is 1. The van der Waals surface area contributed by atoms with Gasteiger partial charge in [-0.2, -0.15) is 13.2 Å². The smallest absolute Gasteiger partial charge is 0.422 e. The van der Waals surface area contributed by atoms with E-state index in [0.717, 1.165) is 0 Å². The summed E-state index contributed by atoms with van der Waals surface area (Å²) in [7, 11) is 0. The first-order chi connectivity index (χ1) is 12.7. The maximum Gasteiger partial charge on any atom is 0.422 e. The Bertz CT molecular complexity index is 1060. The third kappa shape index (κ3) is 4.46. The molecule has 0 saturated carbocycles. The standard InChI is InChI=1S/C19H15F3N2O3/c1-11-6-7-14(16(8-11)27-10-19(20,21)22)23-18(26)15-9-12-4-2-3-5-13(12)17(25)24-15/h2-9H,10H2,1H3,(H,23,26)(H,24,25). The van der Waals surface area contributed by atoms with Gasteiger partial charge < -0.3 is 15.0 Å². The zero-order valence-corrected chi connectivity index (χ0v) is 14.2. The van der Waals surface area contributed by atoms with Crippen molar-refractivity contribution in [1.82, 2.24) is 4.98 Å². The first-order valence-electron chi connectivity index (χ1n) is 7.96. The largest absolute Gasteiger partial charge is 0.482 e. The molecule has 0 saturated heterocycles. The molecule has 0 unspecified atom stereocenters. The highest BCUT2D eigenvalue weighted by molar-refractivity contribution is 6.05. The van der Waals surface area contributed by atoms with Crippen LogP contribution in [0.4, 0.5) is 18.9 Å². The number of aromatic amines is 1. The van der Waals surface area contributed by atoms with Crippen molar-refractivity contribution in [2.24, 2.45) is 0 Å². The lowest BCUT2D eigenvalue weighted by Gasteiger charge is -2.14. The van der Waals surface area contributed by atoms with Crippen LogP contribution in [-0.2, 0) is 0 Å². The van der Waals surface area contributed by atoms with E-state index in [4.69, 9.17) is 4.74 Å². The normalized spacial score (nSPS) is 11.4. The summed E-state index contributed by atoms with van der Waals surface area (Å²) in [5, 5.41) is 3.48. The van der Waals surface area contributed by atoms with Crippen LogP contribution in [0.3, 0.4) is 0 Å². The predicted octanol–water partition coefficient (Wildman–Crippen LogP) is 4.03. The van der Waals surface area contributed by atoms with Crippen molar-refractivity contribution in [2.75, 3.05) is 11.9 Å². The summed E-state index contributed by atoms with van der Waals surface area (Å²) in [5.74, 6) is -0.776. The van der Waals surface area contributed by atoms with Crippen molar-refractivity contribution in [3.63, 3.8) is 0 Å². The molecule has 5 nitrogen and oxygen atoms in total. The molecule has 1 heterocycles. The van der Waals surface area contributed by atoms with E-state index in [1.54, 1.807) is 37.3 Å². The highest BCUT2D eigenvalue weighted by Gasteiger charge is 2.29. The molecule has 0 fully saturated rings. The Morgan fingerprint density at radius 1 is 1.15 bits per heavy atom. The highest BCUT2D eigenvalue weighted by Crippen LogP contribution is 2.28. The third-order valence-electron chi connectivity index (χ3n) is 3.77. The molecule has 140 valence electrons. The average Bonchev–Trinajstić information content (AvgIpc) is 2.61. The van der Waals surface area contributed by atoms with Gasteiger partial charge in [-0.3, -0.25) is 9.59 Å². The van der Waals surface area contributed by atoms with Crippen LogP contribution in [0.1, 0.15) is 16.1 Å². The summed E-state index contributed by atoms with van der Waals surface area (Å²) in [6.45, 7) is 0.207. The minimum Gasteiger partial charge on any atom is -0.482 e. The lowest BCUT2D eigenvalue weighted by Crippen LogP contribution is -2.21. The Hall–Kier alpha value is -3.29. The number of hydrogen-bond donors (Lipinski definition) is 2. The first-order valence-corrected chi connectivity index (χ1v) is 7.96. The number of ether oxygens (including phenoxy) is 1. The minimum atomic E-state index is -4.51. The van der Waals surface area contributed by atoms with Crippen LogP contribution in [0, 0.1) is 6.92 Å². The number of carbonyl (C=O) groups excluding carboxylic acids is 1. The second-order valence-electron chi connectivity index (χ2n) is 5.96. The number of aromatic nitrogens is 1. The number of nitrogens with one attached hydrogen (secondary N) is 2. The predicted molar refractivity (Wildman–Crippen MR) is 95.3 cm³/mol. The number of benzene rings is 2. The van der Waals surface area contributed by atoms with E-state index in [9.17, 15) is 22.8 Å². The van der Waals surface area contributed by atoms with Crippen LogP contribution >= 0.6 is 0 Å². The Labute approximate surface area is 151 Å². The molecule has 0 aliphatic heterocycles. The van der Waals surface area contributed by atoms with Crippen LogP contribution in [0.5, 0.6) is 5.75 Å². The molecule has 1 amide bonds.